The van der Waals surface area contributed by atoms with Crippen molar-refractivity contribution in [2.45, 2.75) is 13.0 Å². The summed E-state index contributed by atoms with van der Waals surface area (Å²) in [6.45, 7) is 1.53. The van der Waals surface area contributed by atoms with E-state index in [1.165, 1.54) is 37.0 Å². The SMILES string of the molecule is CNC(=O)c1ccn(-c2sc([C@H](C)O)cc2[N+](=O)[O-])n1. The van der Waals surface area contributed by atoms with Crippen LogP contribution in [-0.2, 0) is 0 Å². The van der Waals surface area contributed by atoms with Crippen LogP contribution in [0, 0.1) is 10.1 Å². The molecular weight excluding hydrogens is 284 g/mol. The first kappa shape index (κ1) is 14.2. The van der Waals surface area contributed by atoms with Gasteiger partial charge in [0.25, 0.3) is 5.91 Å². The van der Waals surface area contributed by atoms with Crippen LogP contribution in [0.3, 0.4) is 0 Å². The number of rotatable bonds is 4. The summed E-state index contributed by atoms with van der Waals surface area (Å²) in [5.41, 5.74) is 0.00579. The molecule has 2 aromatic rings. The van der Waals surface area contributed by atoms with Gasteiger partial charge in [0, 0.05) is 24.2 Å². The highest BCUT2D eigenvalue weighted by Gasteiger charge is 2.23. The molecule has 0 saturated heterocycles. The van der Waals surface area contributed by atoms with E-state index >= 15 is 0 Å². The molecule has 0 aliphatic heterocycles. The molecule has 2 heterocycles. The Morgan fingerprint density at radius 3 is 2.90 bits per heavy atom. The minimum Gasteiger partial charge on any atom is -0.388 e. The van der Waals surface area contributed by atoms with E-state index in [2.05, 4.69) is 10.4 Å². The second-order valence-corrected chi connectivity index (χ2v) is 5.06. The first-order valence-electron chi connectivity index (χ1n) is 5.68. The molecule has 1 amide bonds. The van der Waals surface area contributed by atoms with Gasteiger partial charge in [-0.3, -0.25) is 14.9 Å². The van der Waals surface area contributed by atoms with Gasteiger partial charge < -0.3 is 10.4 Å². The summed E-state index contributed by atoms with van der Waals surface area (Å²) in [5.74, 6) is -0.376. The number of hydrogen-bond donors (Lipinski definition) is 2. The van der Waals surface area contributed by atoms with E-state index in [0.717, 1.165) is 11.3 Å². The quantitative estimate of drug-likeness (QED) is 0.651. The van der Waals surface area contributed by atoms with Gasteiger partial charge in [0.05, 0.1) is 11.0 Å². The van der Waals surface area contributed by atoms with E-state index in [-0.39, 0.29) is 22.3 Å². The van der Waals surface area contributed by atoms with Gasteiger partial charge in [0.15, 0.2) is 10.7 Å². The van der Waals surface area contributed by atoms with Gasteiger partial charge in [0.2, 0.25) is 0 Å². The Morgan fingerprint density at radius 1 is 1.65 bits per heavy atom. The molecule has 1 atom stereocenters. The maximum atomic E-state index is 11.4. The minimum absolute atomic E-state index is 0.155. The van der Waals surface area contributed by atoms with Crippen molar-refractivity contribution in [2.75, 3.05) is 7.05 Å². The summed E-state index contributed by atoms with van der Waals surface area (Å²) in [7, 11) is 1.47. The molecule has 0 unspecified atom stereocenters. The van der Waals surface area contributed by atoms with Crippen LogP contribution >= 0.6 is 11.3 Å². The predicted molar refractivity (Wildman–Crippen MR) is 72.1 cm³/mol. The van der Waals surface area contributed by atoms with Crippen molar-refractivity contribution in [3.63, 3.8) is 0 Å². The molecule has 9 heteroatoms. The number of aromatic nitrogens is 2. The lowest BCUT2D eigenvalue weighted by Crippen LogP contribution is -2.18. The molecule has 0 aromatic carbocycles. The third-order valence-corrected chi connectivity index (χ3v) is 3.86. The van der Waals surface area contributed by atoms with E-state index in [4.69, 9.17) is 0 Å². The largest absolute Gasteiger partial charge is 0.388 e. The van der Waals surface area contributed by atoms with Crippen LogP contribution < -0.4 is 5.32 Å². The average Bonchev–Trinajstić information content (AvgIpc) is 3.03. The fourth-order valence-electron chi connectivity index (χ4n) is 1.58. The molecule has 0 aliphatic rings. The van der Waals surface area contributed by atoms with Crippen molar-refractivity contribution in [3.8, 4) is 5.00 Å². The summed E-state index contributed by atoms with van der Waals surface area (Å²) in [5, 5.41) is 27.2. The number of hydrogen-bond acceptors (Lipinski definition) is 6. The number of nitro groups is 1. The normalized spacial score (nSPS) is 12.2. The molecule has 8 nitrogen and oxygen atoms in total. The maximum Gasteiger partial charge on any atom is 0.306 e. The van der Waals surface area contributed by atoms with Crippen LogP contribution in [0.15, 0.2) is 18.3 Å². The first-order chi connectivity index (χ1) is 9.43. The summed E-state index contributed by atoms with van der Waals surface area (Å²) >= 11 is 1.06. The van der Waals surface area contributed by atoms with Gasteiger partial charge in [-0.25, -0.2) is 4.68 Å². The van der Waals surface area contributed by atoms with E-state index in [0.29, 0.717) is 4.88 Å². The third-order valence-electron chi connectivity index (χ3n) is 2.58. The Morgan fingerprint density at radius 2 is 2.35 bits per heavy atom. The minimum atomic E-state index is -0.804. The zero-order chi connectivity index (χ0) is 14.9. The zero-order valence-corrected chi connectivity index (χ0v) is 11.5. The number of aliphatic hydroxyl groups is 1. The van der Waals surface area contributed by atoms with Gasteiger partial charge in [-0.2, -0.15) is 5.10 Å². The molecule has 0 bridgehead atoms. The summed E-state index contributed by atoms with van der Waals surface area (Å²) in [4.78, 5) is 22.4. The highest BCUT2D eigenvalue weighted by molar-refractivity contribution is 7.15. The number of carbonyl (C=O) groups excluding carboxylic acids is 1. The lowest BCUT2D eigenvalue weighted by atomic mass is 10.3. The number of amides is 1. The maximum absolute atomic E-state index is 11.4. The number of nitrogens with one attached hydrogen (secondary N) is 1. The molecule has 20 heavy (non-hydrogen) atoms. The van der Waals surface area contributed by atoms with Crippen molar-refractivity contribution < 1.29 is 14.8 Å². The van der Waals surface area contributed by atoms with Crippen LogP contribution in [0.4, 0.5) is 5.69 Å². The second kappa shape index (κ2) is 5.39. The van der Waals surface area contributed by atoms with E-state index in [9.17, 15) is 20.0 Å². The standard InChI is InChI=1S/C11H12N4O4S/c1-6(16)9-5-8(15(18)19)11(20-9)14-4-3-7(13-14)10(17)12-2/h3-6,16H,1-2H3,(H,12,17)/t6-/m0/s1. The van der Waals surface area contributed by atoms with E-state index in [1.807, 2.05) is 0 Å². The lowest BCUT2D eigenvalue weighted by Gasteiger charge is -1.98. The van der Waals surface area contributed by atoms with Crippen LogP contribution in [-0.4, -0.2) is 32.8 Å². The van der Waals surface area contributed by atoms with Crippen molar-refractivity contribution in [2.24, 2.45) is 0 Å². The van der Waals surface area contributed by atoms with Gasteiger partial charge in [-0.1, -0.05) is 0 Å². The van der Waals surface area contributed by atoms with E-state index < -0.39 is 11.0 Å². The number of nitrogens with zero attached hydrogens (tertiary/aromatic N) is 3. The van der Waals surface area contributed by atoms with Crippen molar-refractivity contribution >= 4 is 22.9 Å². The third kappa shape index (κ3) is 2.53. The molecule has 0 radical (unpaired) electrons. The lowest BCUT2D eigenvalue weighted by molar-refractivity contribution is -0.384. The molecule has 2 rings (SSSR count). The second-order valence-electron chi connectivity index (χ2n) is 4.00. The molecule has 0 spiro atoms. The van der Waals surface area contributed by atoms with Crippen LogP contribution in [0.25, 0.3) is 5.00 Å². The van der Waals surface area contributed by atoms with Crippen molar-refractivity contribution in [1.29, 1.82) is 0 Å². The average molecular weight is 296 g/mol. The monoisotopic (exact) mass is 296 g/mol. The number of aliphatic hydroxyl groups excluding tert-OH is 1. The number of carbonyl (C=O) groups is 1. The smallest absolute Gasteiger partial charge is 0.306 e. The van der Waals surface area contributed by atoms with Gasteiger partial charge >= 0.3 is 5.69 Å². The van der Waals surface area contributed by atoms with Crippen LogP contribution in [0.5, 0.6) is 0 Å². The number of thiophene rings is 1. The Bertz CT molecular complexity index is 661. The molecule has 2 N–H and O–H groups in total. The van der Waals surface area contributed by atoms with Crippen LogP contribution in [0.2, 0.25) is 0 Å². The van der Waals surface area contributed by atoms with Gasteiger partial charge in [-0.15, -0.1) is 11.3 Å². The van der Waals surface area contributed by atoms with Gasteiger partial charge in [0.1, 0.15) is 0 Å². The van der Waals surface area contributed by atoms with Crippen LogP contribution in [0.1, 0.15) is 28.4 Å². The first-order valence-corrected chi connectivity index (χ1v) is 6.50. The molecule has 0 saturated carbocycles. The van der Waals surface area contributed by atoms with Crippen molar-refractivity contribution in [1.82, 2.24) is 15.1 Å². The Kier molecular flexibility index (Phi) is 3.81. The van der Waals surface area contributed by atoms with Gasteiger partial charge in [-0.05, 0) is 13.0 Å². The highest BCUT2D eigenvalue weighted by Crippen LogP contribution is 2.35. The molecule has 0 fully saturated rings. The molecule has 106 valence electrons. The van der Waals surface area contributed by atoms with E-state index in [1.54, 1.807) is 0 Å². The highest BCUT2D eigenvalue weighted by atomic mass is 32.1. The molecule has 0 aliphatic carbocycles. The fraction of sp³-hybridized carbons (Fsp3) is 0.273. The molecule has 2 aromatic heterocycles. The summed E-state index contributed by atoms with van der Waals surface area (Å²) in [6.07, 6.45) is 0.663. The Hall–Kier alpha value is -2.26. The predicted octanol–water partition coefficient (Wildman–Crippen LogP) is 1.25. The topological polar surface area (TPSA) is 110 Å². The van der Waals surface area contributed by atoms with Crippen molar-refractivity contribution in [3.05, 3.63) is 39.0 Å². The fourth-order valence-corrected chi connectivity index (χ4v) is 2.57. The Balaban J connectivity index is 2.48. The molecular formula is C11H12N4O4S. The summed E-state index contributed by atoms with van der Waals surface area (Å²) < 4.78 is 1.26. The zero-order valence-electron chi connectivity index (χ0n) is 10.7. The Labute approximate surface area is 117 Å². The summed E-state index contributed by atoms with van der Waals surface area (Å²) in [6, 6.07) is 2.77.